The second-order valence-corrected chi connectivity index (χ2v) is 2.76. The van der Waals surface area contributed by atoms with Gasteiger partial charge in [0.05, 0.1) is 0 Å². The van der Waals surface area contributed by atoms with Gasteiger partial charge in [-0.3, -0.25) is 0 Å². The molecule has 56 valence electrons. The first kappa shape index (κ1) is 8.88. The summed E-state index contributed by atoms with van der Waals surface area (Å²) in [6.07, 6.45) is 0.917. The molecule has 0 aliphatic heterocycles. The predicted octanol–water partition coefficient (Wildman–Crippen LogP) is -0.741. The topological polar surface area (TPSA) is 78.1 Å². The second-order valence-electron chi connectivity index (χ2n) is 2.76. The molecule has 3 heteroatoms. The van der Waals surface area contributed by atoms with Crippen molar-refractivity contribution < 1.29 is 0 Å². The van der Waals surface area contributed by atoms with Crippen LogP contribution >= 0.6 is 0 Å². The molecule has 0 aliphatic carbocycles. The Morgan fingerprint density at radius 1 is 1.11 bits per heavy atom. The molecule has 0 bridgehead atoms. The fraction of sp³-hybridized carbons (Fsp3) is 1.00. The van der Waals surface area contributed by atoms with Crippen molar-refractivity contribution in [3.05, 3.63) is 0 Å². The molecule has 0 aromatic carbocycles. The maximum atomic E-state index is 5.47. The minimum absolute atomic E-state index is 0.0642. The summed E-state index contributed by atoms with van der Waals surface area (Å²) < 4.78 is 0. The Morgan fingerprint density at radius 2 is 1.56 bits per heavy atom. The van der Waals surface area contributed by atoms with E-state index in [1.54, 1.807) is 0 Å². The molecule has 0 unspecified atom stereocenters. The largest absolute Gasteiger partial charge is 0.330 e. The van der Waals surface area contributed by atoms with Gasteiger partial charge in [0, 0.05) is 0 Å². The molecule has 0 radical (unpaired) electrons. The van der Waals surface area contributed by atoms with Gasteiger partial charge in [-0.05, 0) is 31.5 Å². The minimum Gasteiger partial charge on any atom is -0.330 e. The maximum Gasteiger partial charge on any atom is -0.00106 e. The summed E-state index contributed by atoms with van der Waals surface area (Å²) >= 11 is 0. The SMILES string of the molecule is CC(CN)(CN)CCN. The van der Waals surface area contributed by atoms with Crippen LogP contribution in [0.15, 0.2) is 0 Å². The lowest BCUT2D eigenvalue weighted by atomic mass is 9.87. The Balaban J connectivity index is 3.62. The number of nitrogens with two attached hydrogens (primary N) is 3. The first-order valence-corrected chi connectivity index (χ1v) is 3.29. The molecule has 3 nitrogen and oxygen atoms in total. The molecule has 0 saturated heterocycles. The van der Waals surface area contributed by atoms with Crippen molar-refractivity contribution in [2.45, 2.75) is 13.3 Å². The fourth-order valence-corrected chi connectivity index (χ4v) is 0.636. The van der Waals surface area contributed by atoms with E-state index in [0.717, 1.165) is 6.42 Å². The van der Waals surface area contributed by atoms with Crippen LogP contribution < -0.4 is 17.2 Å². The lowest BCUT2D eigenvalue weighted by Crippen LogP contribution is -2.36. The van der Waals surface area contributed by atoms with Crippen molar-refractivity contribution in [2.24, 2.45) is 22.6 Å². The van der Waals surface area contributed by atoms with Crippen LogP contribution in [0.1, 0.15) is 13.3 Å². The normalized spacial score (nSPS) is 12.0. The highest BCUT2D eigenvalue weighted by molar-refractivity contribution is 4.75. The molecule has 0 aromatic rings. The third kappa shape index (κ3) is 2.79. The molecule has 6 N–H and O–H groups in total. The first-order chi connectivity index (χ1) is 4.18. The van der Waals surface area contributed by atoms with E-state index in [9.17, 15) is 0 Å². The molecular formula is C6H17N3. The third-order valence-corrected chi connectivity index (χ3v) is 1.73. The van der Waals surface area contributed by atoms with Gasteiger partial charge in [0.1, 0.15) is 0 Å². The third-order valence-electron chi connectivity index (χ3n) is 1.73. The van der Waals surface area contributed by atoms with Crippen LogP contribution in [0.25, 0.3) is 0 Å². The van der Waals surface area contributed by atoms with Gasteiger partial charge >= 0.3 is 0 Å². The van der Waals surface area contributed by atoms with Crippen molar-refractivity contribution in [2.75, 3.05) is 19.6 Å². The minimum atomic E-state index is 0.0642. The monoisotopic (exact) mass is 131 g/mol. The van der Waals surface area contributed by atoms with E-state index in [4.69, 9.17) is 17.2 Å². The zero-order valence-corrected chi connectivity index (χ0v) is 6.06. The van der Waals surface area contributed by atoms with Gasteiger partial charge < -0.3 is 17.2 Å². The Kier molecular flexibility index (Phi) is 3.77. The molecule has 0 saturated carbocycles. The van der Waals surface area contributed by atoms with Crippen LogP contribution in [0, 0.1) is 5.41 Å². The Labute approximate surface area is 56.6 Å². The number of hydrogen-bond acceptors (Lipinski definition) is 3. The summed E-state index contributed by atoms with van der Waals surface area (Å²) in [4.78, 5) is 0. The van der Waals surface area contributed by atoms with E-state index in [1.807, 2.05) is 0 Å². The average Bonchev–Trinajstić information content (AvgIpc) is 1.89. The Morgan fingerprint density at radius 3 is 1.67 bits per heavy atom. The van der Waals surface area contributed by atoms with Crippen molar-refractivity contribution >= 4 is 0 Å². The summed E-state index contributed by atoms with van der Waals surface area (Å²) in [5.41, 5.74) is 16.4. The highest BCUT2D eigenvalue weighted by Gasteiger charge is 2.18. The van der Waals surface area contributed by atoms with Gasteiger partial charge in [-0.1, -0.05) is 6.92 Å². The summed E-state index contributed by atoms with van der Waals surface area (Å²) in [5, 5.41) is 0. The fourth-order valence-electron chi connectivity index (χ4n) is 0.636. The highest BCUT2D eigenvalue weighted by atomic mass is 14.7. The van der Waals surface area contributed by atoms with Crippen LogP contribution in [-0.4, -0.2) is 19.6 Å². The van der Waals surface area contributed by atoms with E-state index < -0.39 is 0 Å². The van der Waals surface area contributed by atoms with Gasteiger partial charge in [-0.25, -0.2) is 0 Å². The van der Waals surface area contributed by atoms with E-state index in [2.05, 4.69) is 6.92 Å². The average molecular weight is 131 g/mol. The molecular weight excluding hydrogens is 114 g/mol. The number of hydrogen-bond donors (Lipinski definition) is 3. The summed E-state index contributed by atoms with van der Waals surface area (Å²) in [5.74, 6) is 0. The van der Waals surface area contributed by atoms with Gasteiger partial charge in [0.25, 0.3) is 0 Å². The Hall–Kier alpha value is -0.120. The smallest absolute Gasteiger partial charge is 0.00106 e. The Bertz CT molecular complexity index is 68.7. The van der Waals surface area contributed by atoms with Crippen molar-refractivity contribution in [1.29, 1.82) is 0 Å². The predicted molar refractivity (Wildman–Crippen MR) is 39.9 cm³/mol. The molecule has 0 amide bonds. The molecule has 0 heterocycles. The van der Waals surface area contributed by atoms with Gasteiger partial charge in [-0.15, -0.1) is 0 Å². The molecule has 0 fully saturated rings. The molecule has 0 atom stereocenters. The zero-order valence-electron chi connectivity index (χ0n) is 6.06. The van der Waals surface area contributed by atoms with Crippen LogP contribution in [0.4, 0.5) is 0 Å². The molecule has 0 aromatic heterocycles. The van der Waals surface area contributed by atoms with Gasteiger partial charge in [-0.2, -0.15) is 0 Å². The lowest BCUT2D eigenvalue weighted by Gasteiger charge is -2.24. The summed E-state index contributed by atoms with van der Waals surface area (Å²) in [7, 11) is 0. The zero-order chi connectivity index (χ0) is 7.33. The maximum absolute atomic E-state index is 5.47. The lowest BCUT2D eigenvalue weighted by molar-refractivity contribution is 0.326. The second kappa shape index (κ2) is 3.82. The van der Waals surface area contributed by atoms with Crippen LogP contribution in [0.3, 0.4) is 0 Å². The van der Waals surface area contributed by atoms with Crippen molar-refractivity contribution in [3.8, 4) is 0 Å². The van der Waals surface area contributed by atoms with E-state index >= 15 is 0 Å². The van der Waals surface area contributed by atoms with Crippen LogP contribution in [0.2, 0.25) is 0 Å². The molecule has 0 aliphatic rings. The van der Waals surface area contributed by atoms with Gasteiger partial charge in [0.15, 0.2) is 0 Å². The van der Waals surface area contributed by atoms with E-state index in [-0.39, 0.29) is 5.41 Å². The summed E-state index contributed by atoms with van der Waals surface area (Å²) in [6.45, 7) is 3.98. The molecule has 0 rings (SSSR count). The van der Waals surface area contributed by atoms with Crippen molar-refractivity contribution in [3.63, 3.8) is 0 Å². The quantitative estimate of drug-likeness (QED) is 0.470. The number of rotatable bonds is 4. The molecule has 9 heavy (non-hydrogen) atoms. The van der Waals surface area contributed by atoms with Crippen LogP contribution in [0.5, 0.6) is 0 Å². The molecule has 0 spiro atoms. The van der Waals surface area contributed by atoms with E-state index in [0.29, 0.717) is 19.6 Å². The standard InChI is InChI=1S/C6H17N3/c1-6(4-8,5-9)2-3-7/h2-5,7-9H2,1H3. The van der Waals surface area contributed by atoms with Gasteiger partial charge in [0.2, 0.25) is 0 Å². The highest BCUT2D eigenvalue weighted by Crippen LogP contribution is 2.15. The van der Waals surface area contributed by atoms with Crippen LogP contribution in [-0.2, 0) is 0 Å². The van der Waals surface area contributed by atoms with E-state index in [1.165, 1.54) is 0 Å². The first-order valence-electron chi connectivity index (χ1n) is 3.29. The summed E-state index contributed by atoms with van der Waals surface area (Å²) in [6, 6.07) is 0. The van der Waals surface area contributed by atoms with Crippen molar-refractivity contribution in [1.82, 2.24) is 0 Å².